The van der Waals surface area contributed by atoms with Crippen molar-refractivity contribution in [2.75, 3.05) is 19.6 Å². The fourth-order valence-corrected chi connectivity index (χ4v) is 3.12. The molecule has 2 heterocycles. The molecule has 2 fully saturated rings. The Bertz CT molecular complexity index is 483. The van der Waals surface area contributed by atoms with Crippen LogP contribution in [0.5, 0.6) is 0 Å². The van der Waals surface area contributed by atoms with E-state index in [1.165, 1.54) is 11.1 Å². The third-order valence-electron chi connectivity index (χ3n) is 4.44. The van der Waals surface area contributed by atoms with Crippen LogP contribution < -0.4 is 5.32 Å². The molecule has 1 aromatic carbocycles. The second kappa shape index (κ2) is 5.83. The van der Waals surface area contributed by atoms with Crippen molar-refractivity contribution in [3.05, 3.63) is 35.4 Å². The zero-order chi connectivity index (χ0) is 13.9. The van der Waals surface area contributed by atoms with Crippen molar-refractivity contribution in [1.82, 2.24) is 10.2 Å². The predicted molar refractivity (Wildman–Crippen MR) is 77.5 cm³/mol. The highest BCUT2D eigenvalue weighted by Gasteiger charge is 2.36. The molecule has 0 saturated carbocycles. The second-order valence-electron chi connectivity index (χ2n) is 5.82. The lowest BCUT2D eigenvalue weighted by molar-refractivity contribution is 0.0905. The normalized spacial score (nSPS) is 23.9. The van der Waals surface area contributed by atoms with Gasteiger partial charge in [0.25, 0.3) is 0 Å². The van der Waals surface area contributed by atoms with Gasteiger partial charge in [-0.25, -0.2) is 4.79 Å². The Labute approximate surface area is 120 Å². The van der Waals surface area contributed by atoms with E-state index in [1.807, 2.05) is 17.0 Å². The predicted octanol–water partition coefficient (Wildman–Crippen LogP) is 2.32. The van der Waals surface area contributed by atoms with Crippen LogP contribution in [0.2, 0.25) is 0 Å². The Morgan fingerprint density at radius 1 is 1.30 bits per heavy atom. The number of piperidine rings is 1. The van der Waals surface area contributed by atoms with Gasteiger partial charge in [-0.05, 0) is 44.0 Å². The molecule has 1 N–H and O–H groups in total. The molecular formula is C16H22N2O2. The number of carbonyl (C=O) groups is 1. The molecule has 2 saturated heterocycles. The smallest absolute Gasteiger partial charge is 0.410 e. The van der Waals surface area contributed by atoms with Gasteiger partial charge in [0, 0.05) is 12.5 Å². The van der Waals surface area contributed by atoms with Gasteiger partial charge in [0.1, 0.15) is 6.10 Å². The molecule has 4 nitrogen and oxygen atoms in total. The molecule has 1 unspecified atom stereocenters. The highest BCUT2D eigenvalue weighted by Crippen LogP contribution is 2.26. The maximum Gasteiger partial charge on any atom is 0.410 e. The van der Waals surface area contributed by atoms with Gasteiger partial charge in [-0.3, -0.25) is 0 Å². The van der Waals surface area contributed by atoms with Crippen molar-refractivity contribution >= 4 is 6.09 Å². The minimum Gasteiger partial charge on any atom is -0.444 e. The fraction of sp³-hybridized carbons (Fsp3) is 0.562. The summed E-state index contributed by atoms with van der Waals surface area (Å²) in [5.41, 5.74) is 2.43. The molecule has 1 amide bonds. The van der Waals surface area contributed by atoms with Crippen molar-refractivity contribution in [2.24, 2.45) is 5.92 Å². The van der Waals surface area contributed by atoms with E-state index in [-0.39, 0.29) is 12.2 Å². The first-order chi connectivity index (χ1) is 9.74. The molecule has 0 spiro atoms. The van der Waals surface area contributed by atoms with Crippen LogP contribution in [0.15, 0.2) is 24.3 Å². The SMILES string of the molecule is Cc1ccccc1CN1CC(C2CCNCC2)OC1=O. The molecule has 4 heteroatoms. The first-order valence-electron chi connectivity index (χ1n) is 7.45. The molecular weight excluding hydrogens is 252 g/mol. The zero-order valence-corrected chi connectivity index (χ0v) is 12.0. The maximum absolute atomic E-state index is 12.0. The van der Waals surface area contributed by atoms with Crippen LogP contribution in [-0.4, -0.2) is 36.7 Å². The van der Waals surface area contributed by atoms with E-state index in [2.05, 4.69) is 24.4 Å². The lowest BCUT2D eigenvalue weighted by atomic mass is 9.92. The number of carbonyl (C=O) groups excluding carboxylic acids is 1. The Kier molecular flexibility index (Phi) is 3.92. The van der Waals surface area contributed by atoms with Gasteiger partial charge in [-0.1, -0.05) is 24.3 Å². The number of hydrogen-bond donors (Lipinski definition) is 1. The summed E-state index contributed by atoms with van der Waals surface area (Å²) in [6.07, 6.45) is 2.14. The summed E-state index contributed by atoms with van der Waals surface area (Å²) in [5.74, 6) is 0.516. The average molecular weight is 274 g/mol. The van der Waals surface area contributed by atoms with Crippen molar-refractivity contribution in [3.63, 3.8) is 0 Å². The molecule has 2 aliphatic rings. The number of rotatable bonds is 3. The number of nitrogens with one attached hydrogen (secondary N) is 1. The summed E-state index contributed by atoms with van der Waals surface area (Å²) < 4.78 is 5.58. The number of cyclic esters (lactones) is 1. The molecule has 1 atom stereocenters. The van der Waals surface area contributed by atoms with E-state index in [1.54, 1.807) is 0 Å². The largest absolute Gasteiger partial charge is 0.444 e. The van der Waals surface area contributed by atoms with E-state index in [9.17, 15) is 4.79 Å². The maximum atomic E-state index is 12.0. The summed E-state index contributed by atoms with van der Waals surface area (Å²) in [5, 5.41) is 3.35. The molecule has 2 aliphatic heterocycles. The molecule has 0 radical (unpaired) electrons. The van der Waals surface area contributed by atoms with Crippen molar-refractivity contribution in [2.45, 2.75) is 32.4 Å². The highest BCUT2D eigenvalue weighted by atomic mass is 16.6. The van der Waals surface area contributed by atoms with Crippen LogP contribution in [0.4, 0.5) is 4.79 Å². The van der Waals surface area contributed by atoms with Crippen LogP contribution in [-0.2, 0) is 11.3 Å². The van der Waals surface area contributed by atoms with Crippen LogP contribution in [0.25, 0.3) is 0 Å². The highest BCUT2D eigenvalue weighted by molar-refractivity contribution is 5.70. The molecule has 3 rings (SSSR count). The third kappa shape index (κ3) is 2.80. The molecule has 20 heavy (non-hydrogen) atoms. The van der Waals surface area contributed by atoms with Crippen molar-refractivity contribution in [3.8, 4) is 0 Å². The van der Waals surface area contributed by atoms with E-state index in [4.69, 9.17) is 4.74 Å². The number of aryl methyl sites for hydroxylation is 1. The lowest BCUT2D eigenvalue weighted by Crippen LogP contribution is -2.36. The van der Waals surface area contributed by atoms with Crippen molar-refractivity contribution < 1.29 is 9.53 Å². The molecule has 0 bridgehead atoms. The van der Waals surface area contributed by atoms with E-state index in [0.717, 1.165) is 32.5 Å². The summed E-state index contributed by atoms with van der Waals surface area (Å²) >= 11 is 0. The fourth-order valence-electron chi connectivity index (χ4n) is 3.12. The number of hydrogen-bond acceptors (Lipinski definition) is 3. The van der Waals surface area contributed by atoms with Gasteiger partial charge in [-0.15, -0.1) is 0 Å². The Morgan fingerprint density at radius 2 is 2.05 bits per heavy atom. The average Bonchev–Trinajstić information content (AvgIpc) is 2.84. The van der Waals surface area contributed by atoms with E-state index >= 15 is 0 Å². The standard InChI is InChI=1S/C16H22N2O2/c1-12-4-2-3-5-14(12)10-18-11-15(20-16(18)19)13-6-8-17-9-7-13/h2-5,13,15,17H,6-11H2,1H3. The molecule has 108 valence electrons. The van der Waals surface area contributed by atoms with Gasteiger partial charge in [0.2, 0.25) is 0 Å². The second-order valence-corrected chi connectivity index (χ2v) is 5.82. The third-order valence-corrected chi connectivity index (χ3v) is 4.44. The Morgan fingerprint density at radius 3 is 2.80 bits per heavy atom. The van der Waals surface area contributed by atoms with E-state index in [0.29, 0.717) is 12.5 Å². The monoisotopic (exact) mass is 274 g/mol. The zero-order valence-electron chi connectivity index (χ0n) is 12.0. The van der Waals surface area contributed by atoms with Gasteiger partial charge in [0.15, 0.2) is 0 Å². The minimum absolute atomic E-state index is 0.0774. The quantitative estimate of drug-likeness (QED) is 0.919. The topological polar surface area (TPSA) is 41.6 Å². The Balaban J connectivity index is 1.63. The minimum atomic E-state index is -0.156. The van der Waals surface area contributed by atoms with Crippen molar-refractivity contribution in [1.29, 1.82) is 0 Å². The van der Waals surface area contributed by atoms with Crippen LogP contribution in [0.1, 0.15) is 24.0 Å². The summed E-state index contributed by atoms with van der Waals surface area (Å²) in [6, 6.07) is 8.22. The lowest BCUT2D eigenvalue weighted by Gasteiger charge is -2.26. The van der Waals surface area contributed by atoms with E-state index < -0.39 is 0 Å². The number of nitrogens with zero attached hydrogens (tertiary/aromatic N) is 1. The molecule has 1 aromatic rings. The van der Waals surface area contributed by atoms with Gasteiger partial charge in [0.05, 0.1) is 6.54 Å². The summed E-state index contributed by atoms with van der Waals surface area (Å²) in [6.45, 7) is 5.55. The molecule has 0 aliphatic carbocycles. The first kappa shape index (κ1) is 13.4. The molecule has 0 aromatic heterocycles. The van der Waals surface area contributed by atoms with Crippen LogP contribution in [0, 0.1) is 12.8 Å². The van der Waals surface area contributed by atoms with Gasteiger partial charge in [-0.2, -0.15) is 0 Å². The summed E-state index contributed by atoms with van der Waals surface area (Å²) in [4.78, 5) is 13.9. The van der Waals surface area contributed by atoms with Gasteiger partial charge < -0.3 is 15.0 Å². The number of ether oxygens (including phenoxy) is 1. The van der Waals surface area contributed by atoms with Crippen LogP contribution >= 0.6 is 0 Å². The first-order valence-corrected chi connectivity index (χ1v) is 7.45. The van der Waals surface area contributed by atoms with Crippen LogP contribution in [0.3, 0.4) is 0 Å². The number of benzene rings is 1. The summed E-state index contributed by atoms with van der Waals surface area (Å²) in [7, 11) is 0. The van der Waals surface area contributed by atoms with Gasteiger partial charge >= 0.3 is 6.09 Å². The Hall–Kier alpha value is -1.55. The number of amides is 1.